The molecule has 0 saturated carbocycles. The summed E-state index contributed by atoms with van der Waals surface area (Å²) in [5.41, 5.74) is 2.00. The Hall–Kier alpha value is -4.51. The van der Waals surface area contributed by atoms with Gasteiger partial charge in [0.25, 0.3) is 5.91 Å². The first-order chi connectivity index (χ1) is 18.8. The van der Waals surface area contributed by atoms with Crippen molar-refractivity contribution in [1.29, 1.82) is 0 Å². The third kappa shape index (κ3) is 5.53. The lowest BCUT2D eigenvalue weighted by molar-refractivity contribution is -0.124. The van der Waals surface area contributed by atoms with Crippen LogP contribution in [0.25, 0.3) is 0 Å². The molecule has 200 valence electrons. The van der Waals surface area contributed by atoms with Crippen molar-refractivity contribution in [2.24, 2.45) is 0 Å². The number of ether oxygens (including phenoxy) is 3. The molecular formula is C28H24FN3O6S. The number of carbonyl (C=O) groups is 3. The summed E-state index contributed by atoms with van der Waals surface area (Å²) in [5, 5.41) is 2.91. The lowest BCUT2D eigenvalue weighted by Gasteiger charge is -2.24. The standard InChI is InChI=1S/C28H24FN3O6S/c1-2-36-27(35)18-4-10-21(11-5-18)32-26(34)22(14-25(33)30-20-8-6-19(29)7-9-20)31(28(32)39)15-17-3-12-23-24(13-17)38-16-37-23/h3-13,22H,2,14-16H2,1H3,(H,30,33)/t22-/m1/s1. The summed E-state index contributed by atoms with van der Waals surface area (Å²) < 4.78 is 29.2. The molecule has 0 unspecified atom stereocenters. The van der Waals surface area contributed by atoms with E-state index in [1.165, 1.54) is 29.2 Å². The number of fused-ring (bicyclic) bond motifs is 1. The number of rotatable bonds is 8. The third-order valence-corrected chi connectivity index (χ3v) is 6.67. The van der Waals surface area contributed by atoms with E-state index in [9.17, 15) is 18.8 Å². The maximum absolute atomic E-state index is 13.7. The van der Waals surface area contributed by atoms with Crippen LogP contribution in [-0.4, -0.2) is 47.2 Å². The molecule has 1 fully saturated rings. The summed E-state index contributed by atoms with van der Waals surface area (Å²) >= 11 is 5.73. The molecule has 1 saturated heterocycles. The van der Waals surface area contributed by atoms with Crippen LogP contribution in [-0.2, 0) is 20.9 Å². The Bertz CT molecular complexity index is 1430. The quantitative estimate of drug-likeness (QED) is 0.329. The average molecular weight is 550 g/mol. The summed E-state index contributed by atoms with van der Waals surface area (Å²) in [4.78, 5) is 41.7. The normalized spacial score (nSPS) is 16.0. The maximum atomic E-state index is 13.7. The van der Waals surface area contributed by atoms with E-state index >= 15 is 0 Å². The number of thiocarbonyl (C=S) groups is 1. The summed E-state index contributed by atoms with van der Waals surface area (Å²) in [6.45, 7) is 2.31. The number of amides is 2. The van der Waals surface area contributed by atoms with Gasteiger partial charge in [-0.05, 0) is 85.4 Å². The monoisotopic (exact) mass is 549 g/mol. The molecule has 11 heteroatoms. The smallest absolute Gasteiger partial charge is 0.338 e. The maximum Gasteiger partial charge on any atom is 0.338 e. The number of carbonyl (C=O) groups excluding carboxylic acids is 3. The lowest BCUT2D eigenvalue weighted by Crippen LogP contribution is -2.37. The minimum absolute atomic E-state index is 0.126. The van der Waals surface area contributed by atoms with Crippen molar-refractivity contribution >= 4 is 46.5 Å². The summed E-state index contributed by atoms with van der Waals surface area (Å²) in [7, 11) is 0. The van der Waals surface area contributed by atoms with Crippen LogP contribution >= 0.6 is 12.2 Å². The molecule has 0 bridgehead atoms. The van der Waals surface area contributed by atoms with Crippen LogP contribution in [0.2, 0.25) is 0 Å². The molecule has 2 amide bonds. The first-order valence-electron chi connectivity index (χ1n) is 12.2. The predicted molar refractivity (Wildman–Crippen MR) is 144 cm³/mol. The molecule has 0 aliphatic carbocycles. The number of esters is 1. The van der Waals surface area contributed by atoms with Crippen LogP contribution in [0.5, 0.6) is 11.5 Å². The van der Waals surface area contributed by atoms with Gasteiger partial charge in [0.05, 0.1) is 24.3 Å². The number of benzene rings is 3. The van der Waals surface area contributed by atoms with Crippen molar-refractivity contribution in [3.8, 4) is 11.5 Å². The zero-order valence-electron chi connectivity index (χ0n) is 20.9. The number of anilines is 2. The van der Waals surface area contributed by atoms with Crippen molar-refractivity contribution in [2.75, 3.05) is 23.6 Å². The molecule has 1 N–H and O–H groups in total. The minimum atomic E-state index is -0.909. The summed E-state index contributed by atoms with van der Waals surface area (Å²) in [6.07, 6.45) is -0.196. The molecule has 1 atom stereocenters. The molecule has 0 spiro atoms. The Morgan fingerprint density at radius 2 is 1.77 bits per heavy atom. The number of halogens is 1. The molecule has 0 aromatic heterocycles. The Labute approximate surface area is 229 Å². The summed E-state index contributed by atoms with van der Waals surface area (Å²) in [5.74, 6) is -0.516. The van der Waals surface area contributed by atoms with Crippen molar-refractivity contribution in [3.63, 3.8) is 0 Å². The predicted octanol–water partition coefficient (Wildman–Crippen LogP) is 4.26. The third-order valence-electron chi connectivity index (χ3n) is 6.25. The Morgan fingerprint density at radius 1 is 1.05 bits per heavy atom. The second-order valence-electron chi connectivity index (χ2n) is 8.81. The second-order valence-corrected chi connectivity index (χ2v) is 9.18. The van der Waals surface area contributed by atoms with E-state index in [0.29, 0.717) is 28.4 Å². The van der Waals surface area contributed by atoms with Gasteiger partial charge < -0.3 is 24.4 Å². The zero-order valence-corrected chi connectivity index (χ0v) is 21.7. The highest BCUT2D eigenvalue weighted by Crippen LogP contribution is 2.34. The van der Waals surface area contributed by atoms with Crippen molar-refractivity contribution in [3.05, 3.63) is 83.7 Å². The molecule has 2 aliphatic rings. The SMILES string of the molecule is CCOC(=O)c1ccc(N2C(=O)[C@@H](CC(=O)Nc3ccc(F)cc3)N(Cc3ccc4c(c3)OCO4)C2=S)cc1. The number of nitrogens with one attached hydrogen (secondary N) is 1. The number of nitrogens with zero attached hydrogens (tertiary/aromatic N) is 2. The molecule has 5 rings (SSSR count). The van der Waals surface area contributed by atoms with Gasteiger partial charge in [-0.25, -0.2) is 9.18 Å². The summed E-state index contributed by atoms with van der Waals surface area (Å²) in [6, 6.07) is 16.2. The van der Waals surface area contributed by atoms with Crippen LogP contribution in [0.4, 0.5) is 15.8 Å². The van der Waals surface area contributed by atoms with Gasteiger partial charge in [0.1, 0.15) is 11.9 Å². The molecule has 2 aliphatic heterocycles. The van der Waals surface area contributed by atoms with Gasteiger partial charge in [0.15, 0.2) is 16.6 Å². The van der Waals surface area contributed by atoms with E-state index in [4.69, 9.17) is 26.4 Å². The van der Waals surface area contributed by atoms with Crippen LogP contribution in [0.1, 0.15) is 29.3 Å². The van der Waals surface area contributed by atoms with Crippen LogP contribution in [0.15, 0.2) is 66.7 Å². The van der Waals surface area contributed by atoms with Crippen LogP contribution in [0.3, 0.4) is 0 Å². The fourth-order valence-corrected chi connectivity index (χ4v) is 4.76. The minimum Gasteiger partial charge on any atom is -0.462 e. The van der Waals surface area contributed by atoms with Gasteiger partial charge in [0, 0.05) is 12.2 Å². The molecule has 3 aromatic carbocycles. The highest BCUT2D eigenvalue weighted by Gasteiger charge is 2.44. The second kappa shape index (κ2) is 11.1. The van der Waals surface area contributed by atoms with Crippen LogP contribution in [0, 0.1) is 5.82 Å². The van der Waals surface area contributed by atoms with E-state index in [2.05, 4.69) is 5.32 Å². The molecular weight excluding hydrogens is 525 g/mol. The van der Waals surface area contributed by atoms with Crippen molar-refractivity contribution in [1.82, 2.24) is 4.90 Å². The number of hydrogen-bond acceptors (Lipinski definition) is 7. The lowest BCUT2D eigenvalue weighted by atomic mass is 10.1. The Kier molecular flexibility index (Phi) is 7.42. The first-order valence-corrected chi connectivity index (χ1v) is 12.6. The Balaban J connectivity index is 1.40. The van der Waals surface area contributed by atoms with Crippen LogP contribution < -0.4 is 19.7 Å². The van der Waals surface area contributed by atoms with Gasteiger partial charge in [-0.15, -0.1) is 0 Å². The molecule has 0 radical (unpaired) electrons. The van der Waals surface area contributed by atoms with E-state index in [0.717, 1.165) is 5.56 Å². The Morgan fingerprint density at radius 3 is 2.49 bits per heavy atom. The van der Waals surface area contributed by atoms with Crippen molar-refractivity contribution < 1.29 is 33.0 Å². The van der Waals surface area contributed by atoms with Gasteiger partial charge in [0.2, 0.25) is 12.7 Å². The molecule has 9 nitrogen and oxygen atoms in total. The van der Waals surface area contributed by atoms with Gasteiger partial charge in [-0.2, -0.15) is 0 Å². The van der Waals surface area contributed by atoms with E-state index in [1.807, 2.05) is 12.1 Å². The van der Waals surface area contributed by atoms with E-state index in [1.54, 1.807) is 42.2 Å². The molecule has 2 heterocycles. The molecule has 3 aromatic rings. The highest BCUT2D eigenvalue weighted by molar-refractivity contribution is 7.80. The highest BCUT2D eigenvalue weighted by atomic mass is 32.1. The fourth-order valence-electron chi connectivity index (χ4n) is 4.37. The van der Waals surface area contributed by atoms with E-state index < -0.39 is 23.7 Å². The topological polar surface area (TPSA) is 97.4 Å². The van der Waals surface area contributed by atoms with Gasteiger partial charge >= 0.3 is 5.97 Å². The number of hydrogen-bond donors (Lipinski definition) is 1. The van der Waals surface area contributed by atoms with Gasteiger partial charge in [-0.1, -0.05) is 6.07 Å². The average Bonchev–Trinajstić information content (AvgIpc) is 3.48. The van der Waals surface area contributed by atoms with Gasteiger partial charge in [-0.3, -0.25) is 14.5 Å². The van der Waals surface area contributed by atoms with E-state index in [-0.39, 0.29) is 37.4 Å². The largest absolute Gasteiger partial charge is 0.462 e. The van der Waals surface area contributed by atoms with Crippen molar-refractivity contribution in [2.45, 2.75) is 25.9 Å². The fraction of sp³-hybridized carbons (Fsp3) is 0.214. The zero-order chi connectivity index (χ0) is 27.5. The first kappa shape index (κ1) is 26.1. The molecule has 39 heavy (non-hydrogen) atoms.